The van der Waals surface area contributed by atoms with Crippen LogP contribution in [0.2, 0.25) is 10.0 Å². The fraction of sp³-hybridized carbons (Fsp3) is 0.375. The number of nitrogens with zero attached hydrogens (tertiary/aromatic N) is 4. The number of anilines is 2. The van der Waals surface area contributed by atoms with Gasteiger partial charge < -0.3 is 24.4 Å². The molecular formula is C24H27Cl2N5O5S. The third-order valence-corrected chi connectivity index (χ3v) is 6.86. The average molecular weight is 568 g/mol. The van der Waals surface area contributed by atoms with Crippen molar-refractivity contribution in [3.63, 3.8) is 0 Å². The molecule has 10 nitrogen and oxygen atoms in total. The zero-order valence-electron chi connectivity index (χ0n) is 20.6. The van der Waals surface area contributed by atoms with E-state index in [4.69, 9.17) is 37.4 Å². The van der Waals surface area contributed by atoms with E-state index < -0.39 is 5.97 Å². The number of azo groups is 1. The highest BCUT2D eigenvalue weighted by Crippen LogP contribution is 2.38. The molecule has 2 aromatic carbocycles. The molecule has 3 aromatic rings. The lowest BCUT2D eigenvalue weighted by Crippen LogP contribution is -2.33. The van der Waals surface area contributed by atoms with E-state index in [1.807, 2.05) is 6.92 Å². The lowest BCUT2D eigenvalue weighted by Gasteiger charge is -2.24. The van der Waals surface area contributed by atoms with E-state index in [1.165, 1.54) is 25.4 Å². The first-order valence-electron chi connectivity index (χ1n) is 11.4. The first-order chi connectivity index (χ1) is 17.8. The van der Waals surface area contributed by atoms with Gasteiger partial charge in [-0.25, -0.2) is 4.98 Å². The summed E-state index contributed by atoms with van der Waals surface area (Å²) in [5.41, 5.74) is 2.16. The van der Waals surface area contributed by atoms with Gasteiger partial charge in [0.2, 0.25) is 11.0 Å². The lowest BCUT2D eigenvalue weighted by molar-refractivity contribution is -0.139. The number of nitrogens with one attached hydrogen (secondary N) is 1. The molecule has 1 heterocycles. The molecule has 0 spiro atoms. The van der Waals surface area contributed by atoms with Crippen LogP contribution in [0.5, 0.6) is 0 Å². The van der Waals surface area contributed by atoms with Crippen LogP contribution in [0, 0.1) is 0 Å². The van der Waals surface area contributed by atoms with Gasteiger partial charge in [0.05, 0.1) is 52.9 Å². The molecule has 0 aliphatic rings. The van der Waals surface area contributed by atoms with Gasteiger partial charge in [0.15, 0.2) is 0 Å². The number of hydrogen-bond donors (Lipinski definition) is 1. The van der Waals surface area contributed by atoms with Gasteiger partial charge in [-0.05, 0) is 37.3 Å². The van der Waals surface area contributed by atoms with Crippen LogP contribution in [0.4, 0.5) is 22.2 Å². The molecule has 198 valence electrons. The van der Waals surface area contributed by atoms with E-state index in [2.05, 4.69) is 20.5 Å². The second-order valence-corrected chi connectivity index (χ2v) is 9.36. The highest BCUT2D eigenvalue weighted by molar-refractivity contribution is 7.22. The van der Waals surface area contributed by atoms with Crippen LogP contribution in [-0.2, 0) is 23.8 Å². The normalized spacial score (nSPS) is 11.3. The third-order valence-electron chi connectivity index (χ3n) is 4.97. The maximum atomic E-state index is 12.0. The molecule has 0 saturated heterocycles. The van der Waals surface area contributed by atoms with Crippen LogP contribution >= 0.6 is 34.5 Å². The molecule has 1 amide bonds. The number of methoxy groups -OCH3 is 1. The Labute approximate surface area is 228 Å². The zero-order valence-corrected chi connectivity index (χ0v) is 23.0. The number of esters is 1. The van der Waals surface area contributed by atoms with Crippen molar-refractivity contribution in [3.8, 4) is 0 Å². The molecule has 1 aromatic heterocycles. The molecule has 0 fully saturated rings. The molecule has 0 unspecified atom stereocenters. The SMILES string of the molecule is CCOCCOCCN(CC(=O)OC)c1ccc(N=Nc2nc3ccc(Cl)c(Cl)c3s2)c(NC(C)=O)c1. The highest BCUT2D eigenvalue weighted by Gasteiger charge is 2.15. The molecule has 1 N–H and O–H groups in total. The summed E-state index contributed by atoms with van der Waals surface area (Å²) in [6.45, 7) is 5.65. The molecule has 13 heteroatoms. The number of hydrogen-bond acceptors (Lipinski definition) is 10. The number of thiazole rings is 1. The zero-order chi connectivity index (χ0) is 26.8. The predicted octanol–water partition coefficient (Wildman–Crippen LogP) is 6.01. The summed E-state index contributed by atoms with van der Waals surface area (Å²) < 4.78 is 16.4. The maximum Gasteiger partial charge on any atom is 0.325 e. The third kappa shape index (κ3) is 8.34. The molecule has 0 aliphatic heterocycles. The van der Waals surface area contributed by atoms with E-state index in [-0.39, 0.29) is 12.5 Å². The Morgan fingerprint density at radius 1 is 1.11 bits per heavy atom. The Kier molecular flexibility index (Phi) is 11.0. The summed E-state index contributed by atoms with van der Waals surface area (Å²) in [4.78, 5) is 30.1. The Hall–Kier alpha value is -2.83. The topological polar surface area (TPSA) is 115 Å². The molecule has 3 rings (SSSR count). The lowest BCUT2D eigenvalue weighted by atomic mass is 10.2. The molecule has 37 heavy (non-hydrogen) atoms. The smallest absolute Gasteiger partial charge is 0.325 e. The number of rotatable bonds is 13. The molecular weight excluding hydrogens is 541 g/mol. The van der Waals surface area contributed by atoms with Crippen molar-refractivity contribution in [2.75, 3.05) is 56.8 Å². The number of ether oxygens (including phenoxy) is 3. The van der Waals surface area contributed by atoms with E-state index in [0.717, 1.165) is 0 Å². The summed E-state index contributed by atoms with van der Waals surface area (Å²) in [5.74, 6) is -0.692. The van der Waals surface area contributed by atoms with Gasteiger partial charge in [-0.1, -0.05) is 34.5 Å². The minimum absolute atomic E-state index is 0.000714. The van der Waals surface area contributed by atoms with Gasteiger partial charge in [-0.2, -0.15) is 0 Å². The number of halogens is 2. The number of carbonyl (C=O) groups is 2. The van der Waals surface area contributed by atoms with Gasteiger partial charge in [0.25, 0.3) is 0 Å². The van der Waals surface area contributed by atoms with E-state index in [9.17, 15) is 9.59 Å². The van der Waals surface area contributed by atoms with Crippen molar-refractivity contribution in [2.24, 2.45) is 10.2 Å². The van der Waals surface area contributed by atoms with Crippen molar-refractivity contribution in [3.05, 3.63) is 40.4 Å². The van der Waals surface area contributed by atoms with Crippen LogP contribution in [0.1, 0.15) is 13.8 Å². The summed E-state index contributed by atoms with van der Waals surface area (Å²) in [6, 6.07) is 8.62. The largest absolute Gasteiger partial charge is 0.468 e. The van der Waals surface area contributed by atoms with Gasteiger partial charge in [0, 0.05) is 25.8 Å². The van der Waals surface area contributed by atoms with Crippen LogP contribution in [-0.4, -0.2) is 63.5 Å². The molecule has 0 aliphatic carbocycles. The number of fused-ring (bicyclic) bond motifs is 1. The van der Waals surface area contributed by atoms with Crippen LogP contribution in [0.25, 0.3) is 10.2 Å². The van der Waals surface area contributed by atoms with Crippen LogP contribution < -0.4 is 10.2 Å². The summed E-state index contributed by atoms with van der Waals surface area (Å²) >= 11 is 13.6. The van der Waals surface area contributed by atoms with Crippen LogP contribution in [0.15, 0.2) is 40.6 Å². The van der Waals surface area contributed by atoms with Crippen molar-refractivity contribution >= 4 is 78.8 Å². The minimum atomic E-state index is -0.409. The monoisotopic (exact) mass is 567 g/mol. The van der Waals surface area contributed by atoms with Gasteiger partial charge in [-0.15, -0.1) is 10.2 Å². The Morgan fingerprint density at radius 2 is 1.89 bits per heavy atom. The Bertz CT molecular complexity index is 1270. The maximum absolute atomic E-state index is 12.0. The second-order valence-electron chi connectivity index (χ2n) is 7.60. The van der Waals surface area contributed by atoms with E-state index in [0.29, 0.717) is 75.4 Å². The fourth-order valence-electron chi connectivity index (χ4n) is 3.22. The Morgan fingerprint density at radius 3 is 2.62 bits per heavy atom. The number of amides is 1. The molecule has 0 radical (unpaired) electrons. The van der Waals surface area contributed by atoms with Crippen molar-refractivity contribution in [2.45, 2.75) is 13.8 Å². The van der Waals surface area contributed by atoms with E-state index in [1.54, 1.807) is 35.2 Å². The number of benzene rings is 2. The first-order valence-corrected chi connectivity index (χ1v) is 12.9. The molecule has 0 bridgehead atoms. The minimum Gasteiger partial charge on any atom is -0.468 e. The summed E-state index contributed by atoms with van der Waals surface area (Å²) in [6.07, 6.45) is 0. The fourth-order valence-corrected chi connectivity index (χ4v) is 4.54. The highest BCUT2D eigenvalue weighted by atomic mass is 35.5. The predicted molar refractivity (Wildman–Crippen MR) is 146 cm³/mol. The van der Waals surface area contributed by atoms with Gasteiger partial charge in [0.1, 0.15) is 12.2 Å². The Balaban J connectivity index is 1.83. The summed E-state index contributed by atoms with van der Waals surface area (Å²) in [5, 5.41) is 12.5. The van der Waals surface area contributed by atoms with Gasteiger partial charge in [-0.3, -0.25) is 9.59 Å². The average Bonchev–Trinajstić information content (AvgIpc) is 3.30. The second kappa shape index (κ2) is 14.2. The molecule has 0 atom stereocenters. The first kappa shape index (κ1) is 28.7. The standard InChI is InChI=1S/C24H27Cl2N5O5S/c1-4-35-11-12-36-10-9-31(14-21(33)34-3)16-5-7-18(20(13-16)27-15(2)32)29-30-24-28-19-8-6-17(25)22(26)23(19)37-24/h5-8,13H,4,9-12,14H2,1-3H3,(H,27,32). The quantitative estimate of drug-likeness (QED) is 0.153. The summed E-state index contributed by atoms with van der Waals surface area (Å²) in [7, 11) is 1.33. The number of aromatic nitrogens is 1. The van der Waals surface area contributed by atoms with Crippen LogP contribution in [0.3, 0.4) is 0 Å². The van der Waals surface area contributed by atoms with Gasteiger partial charge >= 0.3 is 5.97 Å². The van der Waals surface area contributed by atoms with Crippen molar-refractivity contribution < 1.29 is 23.8 Å². The number of carbonyl (C=O) groups excluding carboxylic acids is 2. The van der Waals surface area contributed by atoms with E-state index >= 15 is 0 Å². The molecule has 0 saturated carbocycles. The van der Waals surface area contributed by atoms with Crippen molar-refractivity contribution in [1.82, 2.24) is 4.98 Å². The van der Waals surface area contributed by atoms with Crippen molar-refractivity contribution in [1.29, 1.82) is 0 Å².